The SMILES string of the molecule is C[C@H](CO)Cc1cccc2nc(Nc3ccccc3)nn12. The van der Waals surface area contributed by atoms with Gasteiger partial charge in [-0.05, 0) is 36.6 Å². The first-order valence-corrected chi connectivity index (χ1v) is 7.04. The van der Waals surface area contributed by atoms with E-state index in [1.54, 1.807) is 0 Å². The summed E-state index contributed by atoms with van der Waals surface area (Å²) in [6.45, 7) is 2.18. The number of aliphatic hydroxyl groups excluding tert-OH is 1. The lowest BCUT2D eigenvalue weighted by Crippen LogP contribution is -2.08. The maximum Gasteiger partial charge on any atom is 0.247 e. The van der Waals surface area contributed by atoms with Crippen LogP contribution in [0.15, 0.2) is 48.5 Å². The molecule has 0 aliphatic heterocycles. The van der Waals surface area contributed by atoms with Crippen molar-refractivity contribution in [2.75, 3.05) is 11.9 Å². The summed E-state index contributed by atoms with van der Waals surface area (Å²) in [4.78, 5) is 4.48. The standard InChI is InChI=1S/C16H18N4O/c1-12(11-21)10-14-8-5-9-15-18-16(19-20(14)15)17-13-6-3-2-4-7-13/h2-9,12,21H,10-11H2,1H3,(H,17,19)/t12-/m0/s1. The van der Waals surface area contributed by atoms with Crippen molar-refractivity contribution in [3.05, 3.63) is 54.2 Å². The molecule has 0 aliphatic rings. The summed E-state index contributed by atoms with van der Waals surface area (Å²) in [7, 11) is 0. The number of para-hydroxylation sites is 1. The van der Waals surface area contributed by atoms with Crippen LogP contribution < -0.4 is 5.32 Å². The normalized spacial score (nSPS) is 12.5. The van der Waals surface area contributed by atoms with Crippen LogP contribution in [0.25, 0.3) is 5.65 Å². The van der Waals surface area contributed by atoms with Crippen molar-refractivity contribution in [2.24, 2.45) is 5.92 Å². The predicted octanol–water partition coefficient (Wildman–Crippen LogP) is 2.64. The number of aromatic nitrogens is 3. The average molecular weight is 282 g/mol. The van der Waals surface area contributed by atoms with E-state index < -0.39 is 0 Å². The van der Waals surface area contributed by atoms with Crippen LogP contribution in [-0.2, 0) is 6.42 Å². The number of benzene rings is 1. The van der Waals surface area contributed by atoms with Crippen molar-refractivity contribution < 1.29 is 5.11 Å². The zero-order chi connectivity index (χ0) is 14.7. The lowest BCUT2D eigenvalue weighted by atomic mass is 10.1. The van der Waals surface area contributed by atoms with Crippen LogP contribution in [0.1, 0.15) is 12.6 Å². The third kappa shape index (κ3) is 3.03. The highest BCUT2D eigenvalue weighted by molar-refractivity contribution is 5.55. The van der Waals surface area contributed by atoms with Crippen LogP contribution in [0.2, 0.25) is 0 Å². The number of aliphatic hydroxyl groups is 1. The number of hydrogen-bond donors (Lipinski definition) is 2. The minimum absolute atomic E-state index is 0.167. The number of rotatable bonds is 5. The maximum atomic E-state index is 9.21. The van der Waals surface area contributed by atoms with E-state index in [0.717, 1.165) is 23.4 Å². The molecule has 0 bridgehead atoms. The fraction of sp³-hybridized carbons (Fsp3) is 0.250. The van der Waals surface area contributed by atoms with Crippen molar-refractivity contribution in [1.82, 2.24) is 14.6 Å². The molecule has 108 valence electrons. The molecule has 3 rings (SSSR count). The molecule has 0 aliphatic carbocycles. The molecule has 21 heavy (non-hydrogen) atoms. The number of nitrogens with zero attached hydrogens (tertiary/aromatic N) is 3. The van der Waals surface area contributed by atoms with Crippen molar-refractivity contribution >= 4 is 17.3 Å². The Morgan fingerprint density at radius 3 is 2.71 bits per heavy atom. The van der Waals surface area contributed by atoms with Gasteiger partial charge >= 0.3 is 0 Å². The summed E-state index contributed by atoms with van der Waals surface area (Å²) < 4.78 is 1.83. The van der Waals surface area contributed by atoms with Gasteiger partial charge in [-0.2, -0.15) is 4.98 Å². The molecule has 2 N–H and O–H groups in total. The minimum atomic E-state index is 0.167. The molecule has 5 nitrogen and oxygen atoms in total. The van der Waals surface area contributed by atoms with Crippen LogP contribution in [0.4, 0.5) is 11.6 Å². The highest BCUT2D eigenvalue weighted by atomic mass is 16.3. The van der Waals surface area contributed by atoms with E-state index in [1.807, 2.05) is 60.0 Å². The van der Waals surface area contributed by atoms with Gasteiger partial charge in [-0.1, -0.05) is 31.2 Å². The molecule has 0 radical (unpaired) electrons. The second-order valence-corrected chi connectivity index (χ2v) is 5.21. The van der Waals surface area contributed by atoms with Gasteiger partial charge in [0.2, 0.25) is 5.95 Å². The molecule has 0 fully saturated rings. The average Bonchev–Trinajstić information content (AvgIpc) is 2.91. The molecule has 2 heterocycles. The van der Waals surface area contributed by atoms with E-state index in [4.69, 9.17) is 0 Å². The van der Waals surface area contributed by atoms with Crippen molar-refractivity contribution in [3.8, 4) is 0 Å². The second-order valence-electron chi connectivity index (χ2n) is 5.21. The Morgan fingerprint density at radius 1 is 1.14 bits per heavy atom. The number of nitrogens with one attached hydrogen (secondary N) is 1. The third-order valence-electron chi connectivity index (χ3n) is 3.34. The van der Waals surface area contributed by atoms with E-state index in [0.29, 0.717) is 5.95 Å². The number of fused-ring (bicyclic) bond motifs is 1. The molecule has 5 heteroatoms. The van der Waals surface area contributed by atoms with Gasteiger partial charge in [0.15, 0.2) is 5.65 Å². The topological polar surface area (TPSA) is 62.5 Å². The summed E-state index contributed by atoms with van der Waals surface area (Å²) in [6.07, 6.45) is 0.766. The van der Waals surface area contributed by atoms with Crippen molar-refractivity contribution in [3.63, 3.8) is 0 Å². The van der Waals surface area contributed by atoms with E-state index >= 15 is 0 Å². The highest BCUT2D eigenvalue weighted by Gasteiger charge is 2.10. The largest absolute Gasteiger partial charge is 0.396 e. The molecule has 0 amide bonds. The second kappa shape index (κ2) is 5.93. The minimum Gasteiger partial charge on any atom is -0.396 e. The Hall–Kier alpha value is -2.40. The summed E-state index contributed by atoms with van der Waals surface area (Å²) >= 11 is 0. The van der Waals surface area contributed by atoms with Gasteiger partial charge in [0.25, 0.3) is 0 Å². The molecule has 1 aromatic carbocycles. The fourth-order valence-corrected chi connectivity index (χ4v) is 2.24. The number of pyridine rings is 1. The van der Waals surface area contributed by atoms with Gasteiger partial charge in [-0.15, -0.1) is 5.10 Å². The van der Waals surface area contributed by atoms with Crippen LogP contribution in [-0.4, -0.2) is 26.3 Å². The Labute approximate surface area is 123 Å². The summed E-state index contributed by atoms with van der Waals surface area (Å²) in [5.74, 6) is 0.774. The van der Waals surface area contributed by atoms with Gasteiger partial charge in [0.1, 0.15) is 0 Å². The van der Waals surface area contributed by atoms with Crippen LogP contribution >= 0.6 is 0 Å². The molecule has 2 aromatic heterocycles. The van der Waals surface area contributed by atoms with Gasteiger partial charge in [-0.3, -0.25) is 0 Å². The van der Waals surface area contributed by atoms with E-state index in [1.165, 1.54) is 0 Å². The van der Waals surface area contributed by atoms with Crippen molar-refractivity contribution in [2.45, 2.75) is 13.3 Å². The molecular weight excluding hydrogens is 264 g/mol. The molecule has 0 saturated heterocycles. The van der Waals surface area contributed by atoms with E-state index in [2.05, 4.69) is 15.4 Å². The number of anilines is 2. The lowest BCUT2D eigenvalue weighted by molar-refractivity contribution is 0.236. The van der Waals surface area contributed by atoms with Gasteiger partial charge in [-0.25, -0.2) is 4.52 Å². The summed E-state index contributed by atoms with van der Waals surface area (Å²) in [5.41, 5.74) is 2.80. The van der Waals surface area contributed by atoms with Crippen LogP contribution in [0.3, 0.4) is 0 Å². The van der Waals surface area contributed by atoms with Gasteiger partial charge in [0, 0.05) is 18.0 Å². The van der Waals surface area contributed by atoms with E-state index in [-0.39, 0.29) is 12.5 Å². The molecule has 0 saturated carbocycles. The predicted molar refractivity (Wildman–Crippen MR) is 82.7 cm³/mol. The van der Waals surface area contributed by atoms with Gasteiger partial charge in [0.05, 0.1) is 0 Å². The molecule has 0 unspecified atom stereocenters. The monoisotopic (exact) mass is 282 g/mol. The maximum absolute atomic E-state index is 9.21. The van der Waals surface area contributed by atoms with Gasteiger partial charge < -0.3 is 10.4 Å². The molecule has 0 spiro atoms. The Balaban J connectivity index is 1.91. The zero-order valence-electron chi connectivity index (χ0n) is 11.9. The Morgan fingerprint density at radius 2 is 1.95 bits per heavy atom. The summed E-state index contributed by atoms with van der Waals surface area (Å²) in [6, 6.07) is 15.8. The Kier molecular flexibility index (Phi) is 3.83. The first-order valence-electron chi connectivity index (χ1n) is 7.04. The fourth-order valence-electron chi connectivity index (χ4n) is 2.24. The third-order valence-corrected chi connectivity index (χ3v) is 3.34. The van der Waals surface area contributed by atoms with Crippen LogP contribution in [0, 0.1) is 5.92 Å². The summed E-state index contributed by atoms with van der Waals surface area (Å²) in [5, 5.41) is 16.9. The van der Waals surface area contributed by atoms with Crippen LogP contribution in [0.5, 0.6) is 0 Å². The Bertz CT molecular complexity index is 723. The smallest absolute Gasteiger partial charge is 0.247 e. The zero-order valence-corrected chi connectivity index (χ0v) is 11.9. The molecule has 1 atom stereocenters. The van der Waals surface area contributed by atoms with Crippen molar-refractivity contribution in [1.29, 1.82) is 0 Å². The lowest BCUT2D eigenvalue weighted by Gasteiger charge is -2.08. The first-order chi connectivity index (χ1) is 10.3. The molecular formula is C16H18N4O. The van der Waals surface area contributed by atoms with E-state index in [9.17, 15) is 5.11 Å². The highest BCUT2D eigenvalue weighted by Crippen LogP contribution is 2.16. The number of hydrogen-bond acceptors (Lipinski definition) is 4. The molecule has 3 aromatic rings. The quantitative estimate of drug-likeness (QED) is 0.755. The first kappa shape index (κ1) is 13.6.